The molecule has 0 unspecified atom stereocenters. The van der Waals surface area contributed by atoms with Gasteiger partial charge in [-0.1, -0.05) is 52.2 Å². The monoisotopic (exact) mass is 248 g/mol. The van der Waals surface area contributed by atoms with Crippen LogP contribution in [0.5, 0.6) is 0 Å². The van der Waals surface area contributed by atoms with Crippen molar-refractivity contribution < 1.29 is 9.53 Å². The lowest BCUT2D eigenvalue weighted by Gasteiger charge is -2.07. The van der Waals surface area contributed by atoms with Crippen molar-refractivity contribution in [1.82, 2.24) is 0 Å². The van der Waals surface area contributed by atoms with E-state index in [1.807, 2.05) is 24.3 Å². The summed E-state index contributed by atoms with van der Waals surface area (Å²) in [5.74, 6) is 0.283. The second kappa shape index (κ2) is 7.91. The molecule has 0 bridgehead atoms. The molecule has 0 saturated carbocycles. The summed E-state index contributed by atoms with van der Waals surface area (Å²) in [6.45, 7) is 6.98. The molecule has 0 aromatic heterocycles. The first kappa shape index (κ1) is 14.7. The van der Waals surface area contributed by atoms with Crippen LogP contribution in [0.4, 0.5) is 0 Å². The molecule has 0 amide bonds. The predicted molar refractivity (Wildman–Crippen MR) is 75.0 cm³/mol. The van der Waals surface area contributed by atoms with Crippen molar-refractivity contribution in [1.29, 1.82) is 0 Å². The molecule has 0 aliphatic carbocycles. The van der Waals surface area contributed by atoms with Crippen LogP contribution < -0.4 is 0 Å². The number of carbonyl (C=O) groups is 1. The molecule has 18 heavy (non-hydrogen) atoms. The molecule has 0 N–H and O–H groups in total. The van der Waals surface area contributed by atoms with Gasteiger partial charge in [0.1, 0.15) is 0 Å². The summed E-state index contributed by atoms with van der Waals surface area (Å²) in [6.07, 6.45) is 4.50. The third kappa shape index (κ3) is 4.91. The maximum absolute atomic E-state index is 11.7. The van der Waals surface area contributed by atoms with Crippen LogP contribution >= 0.6 is 0 Å². The highest BCUT2D eigenvalue weighted by atomic mass is 16.5. The summed E-state index contributed by atoms with van der Waals surface area (Å²) in [6, 6.07) is 7.70. The van der Waals surface area contributed by atoms with Crippen LogP contribution in [0, 0.1) is 0 Å². The number of unbranched alkanes of at least 4 members (excludes halogenated alkanes) is 3. The number of carbonyl (C=O) groups excluding carboxylic acids is 1. The summed E-state index contributed by atoms with van der Waals surface area (Å²) in [5, 5.41) is 0. The van der Waals surface area contributed by atoms with Crippen molar-refractivity contribution in [3.8, 4) is 0 Å². The van der Waals surface area contributed by atoms with Gasteiger partial charge in [-0.3, -0.25) is 0 Å². The molecular weight excluding hydrogens is 224 g/mol. The van der Waals surface area contributed by atoms with E-state index >= 15 is 0 Å². The lowest BCUT2D eigenvalue weighted by Crippen LogP contribution is -2.06. The zero-order chi connectivity index (χ0) is 13.4. The van der Waals surface area contributed by atoms with E-state index in [1.165, 1.54) is 18.4 Å². The molecule has 2 nitrogen and oxygen atoms in total. The minimum Gasteiger partial charge on any atom is -0.462 e. The number of esters is 1. The molecule has 0 spiro atoms. The lowest BCUT2D eigenvalue weighted by molar-refractivity contribution is 0.0498. The smallest absolute Gasteiger partial charge is 0.338 e. The van der Waals surface area contributed by atoms with Gasteiger partial charge in [-0.25, -0.2) is 4.79 Å². The van der Waals surface area contributed by atoms with E-state index in [0.717, 1.165) is 12.8 Å². The fraction of sp³-hybridized carbons (Fsp3) is 0.562. The Morgan fingerprint density at radius 3 is 2.33 bits per heavy atom. The minimum atomic E-state index is -0.207. The van der Waals surface area contributed by atoms with Gasteiger partial charge in [-0.2, -0.15) is 0 Å². The van der Waals surface area contributed by atoms with Crippen molar-refractivity contribution >= 4 is 5.97 Å². The van der Waals surface area contributed by atoms with E-state index in [4.69, 9.17) is 4.74 Å². The summed E-state index contributed by atoms with van der Waals surface area (Å²) in [5.41, 5.74) is 1.89. The number of rotatable bonds is 7. The molecule has 1 rings (SSSR count). The van der Waals surface area contributed by atoms with Crippen molar-refractivity contribution in [2.75, 3.05) is 6.61 Å². The maximum Gasteiger partial charge on any atom is 0.338 e. The molecular formula is C16H24O2. The minimum absolute atomic E-state index is 0.207. The zero-order valence-electron chi connectivity index (χ0n) is 11.7. The fourth-order valence-corrected chi connectivity index (χ4v) is 1.78. The van der Waals surface area contributed by atoms with E-state index in [-0.39, 0.29) is 5.97 Å². The summed E-state index contributed by atoms with van der Waals surface area (Å²) in [7, 11) is 0. The van der Waals surface area contributed by atoms with Gasteiger partial charge >= 0.3 is 5.97 Å². The van der Waals surface area contributed by atoms with Crippen LogP contribution in [0.15, 0.2) is 24.3 Å². The Labute approximate surface area is 110 Å². The van der Waals surface area contributed by atoms with Crippen LogP contribution in [-0.2, 0) is 4.74 Å². The Morgan fingerprint density at radius 1 is 1.11 bits per heavy atom. The Bertz CT molecular complexity index is 352. The quantitative estimate of drug-likeness (QED) is 0.523. The molecule has 2 heteroatoms. The van der Waals surface area contributed by atoms with Gasteiger partial charge in [0.25, 0.3) is 0 Å². The van der Waals surface area contributed by atoms with Gasteiger partial charge in [0.2, 0.25) is 0 Å². The lowest BCUT2D eigenvalue weighted by atomic mass is 10.0. The second-order valence-electron chi connectivity index (χ2n) is 4.97. The maximum atomic E-state index is 11.7. The molecule has 0 fully saturated rings. The highest BCUT2D eigenvalue weighted by Crippen LogP contribution is 2.15. The molecule has 0 aliphatic heterocycles. The van der Waals surface area contributed by atoms with E-state index in [9.17, 15) is 4.79 Å². The average Bonchev–Trinajstić information content (AvgIpc) is 2.38. The number of hydrogen-bond donors (Lipinski definition) is 0. The van der Waals surface area contributed by atoms with Gasteiger partial charge in [0.05, 0.1) is 12.2 Å². The predicted octanol–water partition coefficient (Wildman–Crippen LogP) is 4.55. The molecule has 0 heterocycles. The van der Waals surface area contributed by atoms with E-state index in [1.54, 1.807) is 0 Å². The highest BCUT2D eigenvalue weighted by Gasteiger charge is 2.07. The van der Waals surface area contributed by atoms with Crippen molar-refractivity contribution in [3.63, 3.8) is 0 Å². The standard InChI is InChI=1S/C16H24O2/c1-4-5-6-7-12-18-16(17)15-10-8-14(9-11-15)13(2)3/h8-11,13H,4-7,12H2,1-3H3. The van der Waals surface area contributed by atoms with Crippen molar-refractivity contribution in [3.05, 3.63) is 35.4 Å². The Kier molecular flexibility index (Phi) is 6.48. The average molecular weight is 248 g/mol. The second-order valence-corrected chi connectivity index (χ2v) is 4.97. The van der Waals surface area contributed by atoms with Crippen molar-refractivity contribution in [2.24, 2.45) is 0 Å². The fourth-order valence-electron chi connectivity index (χ4n) is 1.78. The van der Waals surface area contributed by atoms with Gasteiger partial charge in [0.15, 0.2) is 0 Å². The summed E-state index contributed by atoms with van der Waals surface area (Å²) in [4.78, 5) is 11.7. The first-order valence-corrected chi connectivity index (χ1v) is 6.92. The largest absolute Gasteiger partial charge is 0.462 e. The first-order valence-electron chi connectivity index (χ1n) is 6.92. The zero-order valence-corrected chi connectivity index (χ0v) is 11.7. The Morgan fingerprint density at radius 2 is 1.78 bits per heavy atom. The highest BCUT2D eigenvalue weighted by molar-refractivity contribution is 5.89. The third-order valence-corrected chi connectivity index (χ3v) is 3.04. The molecule has 0 atom stereocenters. The van der Waals surface area contributed by atoms with E-state index in [2.05, 4.69) is 20.8 Å². The van der Waals surface area contributed by atoms with Crippen LogP contribution in [0.25, 0.3) is 0 Å². The van der Waals surface area contributed by atoms with Crippen LogP contribution in [0.3, 0.4) is 0 Å². The van der Waals surface area contributed by atoms with Gasteiger partial charge in [0, 0.05) is 0 Å². The Balaban J connectivity index is 2.37. The van der Waals surface area contributed by atoms with Crippen LogP contribution in [-0.4, -0.2) is 12.6 Å². The van der Waals surface area contributed by atoms with Crippen LogP contribution in [0.2, 0.25) is 0 Å². The molecule has 1 aromatic carbocycles. The van der Waals surface area contributed by atoms with Gasteiger partial charge in [-0.15, -0.1) is 0 Å². The Hall–Kier alpha value is -1.31. The normalized spacial score (nSPS) is 10.7. The van der Waals surface area contributed by atoms with Crippen molar-refractivity contribution in [2.45, 2.75) is 52.4 Å². The van der Waals surface area contributed by atoms with E-state index in [0.29, 0.717) is 18.1 Å². The SMILES string of the molecule is CCCCCCOC(=O)c1ccc(C(C)C)cc1. The number of ether oxygens (including phenoxy) is 1. The van der Waals surface area contributed by atoms with Gasteiger partial charge < -0.3 is 4.74 Å². The number of benzene rings is 1. The summed E-state index contributed by atoms with van der Waals surface area (Å²) < 4.78 is 5.24. The third-order valence-electron chi connectivity index (χ3n) is 3.04. The van der Waals surface area contributed by atoms with Crippen LogP contribution in [0.1, 0.15) is 68.3 Å². The molecule has 1 aromatic rings. The topological polar surface area (TPSA) is 26.3 Å². The molecule has 0 aliphatic rings. The number of hydrogen-bond acceptors (Lipinski definition) is 2. The first-order chi connectivity index (χ1) is 8.65. The molecule has 0 saturated heterocycles. The summed E-state index contributed by atoms with van der Waals surface area (Å²) >= 11 is 0. The van der Waals surface area contributed by atoms with Gasteiger partial charge in [-0.05, 0) is 30.0 Å². The van der Waals surface area contributed by atoms with E-state index < -0.39 is 0 Å². The molecule has 0 radical (unpaired) electrons. The molecule has 100 valence electrons.